The average Bonchev–Trinajstić information content (AvgIpc) is 2.41. The summed E-state index contributed by atoms with van der Waals surface area (Å²) in [5.74, 6) is -2.08. The van der Waals surface area contributed by atoms with Gasteiger partial charge in [-0.3, -0.25) is 14.4 Å². The number of ether oxygens (including phenoxy) is 5. The second-order valence-corrected chi connectivity index (χ2v) is 4.67. The minimum atomic E-state index is -1.86. The van der Waals surface area contributed by atoms with Crippen LogP contribution in [0, 0.1) is 0 Å². The van der Waals surface area contributed by atoms with Crippen LogP contribution in [-0.2, 0) is 38.1 Å². The number of esters is 3. The van der Waals surface area contributed by atoms with Crippen LogP contribution in [0.2, 0.25) is 0 Å². The van der Waals surface area contributed by atoms with Crippen LogP contribution in [0.3, 0.4) is 0 Å². The summed E-state index contributed by atoms with van der Waals surface area (Å²) in [6.07, 6.45) is -6.94. The summed E-state index contributed by atoms with van der Waals surface area (Å²) in [6.45, 7) is 2.99. The quantitative estimate of drug-likeness (QED) is 0.520. The molecule has 0 aliphatic carbocycles. The zero-order valence-electron chi connectivity index (χ0n) is 12.7. The number of alkyl halides is 1. The van der Waals surface area contributed by atoms with Crippen LogP contribution in [0.25, 0.3) is 0 Å². The van der Waals surface area contributed by atoms with Gasteiger partial charge in [-0.25, -0.2) is 4.39 Å². The molecule has 0 aromatic rings. The molecule has 0 bridgehead atoms. The molecule has 22 heavy (non-hydrogen) atoms. The Hall–Kier alpha value is -1.74. The van der Waals surface area contributed by atoms with Gasteiger partial charge in [0.25, 0.3) is 0 Å². The Kier molecular flexibility index (Phi) is 6.69. The summed E-state index contributed by atoms with van der Waals surface area (Å²) >= 11 is 0. The summed E-state index contributed by atoms with van der Waals surface area (Å²) in [4.78, 5) is 33.1. The van der Waals surface area contributed by atoms with Crippen LogP contribution in [0.15, 0.2) is 0 Å². The number of rotatable bonds is 5. The van der Waals surface area contributed by atoms with Crippen molar-refractivity contribution in [3.05, 3.63) is 0 Å². The Morgan fingerprint density at radius 2 is 1.55 bits per heavy atom. The molecule has 1 aliphatic rings. The van der Waals surface area contributed by atoms with Crippen molar-refractivity contribution in [3.8, 4) is 0 Å². The van der Waals surface area contributed by atoms with Gasteiger partial charge in [0.2, 0.25) is 0 Å². The van der Waals surface area contributed by atoms with Gasteiger partial charge in [-0.2, -0.15) is 0 Å². The molecule has 0 aromatic carbocycles. The van der Waals surface area contributed by atoms with E-state index in [0.29, 0.717) is 0 Å². The first kappa shape index (κ1) is 18.3. The Labute approximate surface area is 126 Å². The second-order valence-electron chi connectivity index (χ2n) is 4.67. The normalized spacial score (nSPS) is 31.2. The van der Waals surface area contributed by atoms with Gasteiger partial charge in [-0.1, -0.05) is 0 Å². The molecule has 0 spiro atoms. The fraction of sp³-hybridized carbons (Fsp3) is 0.769. The molecule has 0 amide bonds. The van der Waals surface area contributed by atoms with Gasteiger partial charge in [-0.15, -0.1) is 0 Å². The molecular weight excluding hydrogens is 303 g/mol. The highest BCUT2D eigenvalue weighted by atomic mass is 19.1. The van der Waals surface area contributed by atoms with Gasteiger partial charge in [0.1, 0.15) is 12.7 Å². The van der Waals surface area contributed by atoms with Gasteiger partial charge < -0.3 is 23.7 Å². The van der Waals surface area contributed by atoms with Crippen molar-refractivity contribution in [2.75, 3.05) is 13.7 Å². The number of hydrogen-bond donors (Lipinski definition) is 0. The molecule has 0 radical (unpaired) electrons. The van der Waals surface area contributed by atoms with E-state index < -0.39 is 48.7 Å². The molecule has 0 N–H and O–H groups in total. The topological polar surface area (TPSA) is 97.4 Å². The summed E-state index contributed by atoms with van der Waals surface area (Å²) < 4.78 is 39.3. The molecule has 0 aromatic heterocycles. The maximum atomic E-state index is 14.5. The SMILES string of the molecule is CO[C@@H]1O[C@H](COC(C)=O)[C@H](F)[C@H](OC(C)=O)[C@H]1OC(C)=O. The fourth-order valence-electron chi connectivity index (χ4n) is 2.03. The Bertz CT molecular complexity index is 426. The smallest absolute Gasteiger partial charge is 0.303 e. The molecule has 126 valence electrons. The number of carbonyl (C=O) groups excluding carboxylic acids is 3. The molecule has 1 saturated heterocycles. The molecule has 0 saturated carbocycles. The minimum Gasteiger partial charge on any atom is -0.463 e. The van der Waals surface area contributed by atoms with E-state index in [1.165, 1.54) is 7.11 Å². The molecule has 1 fully saturated rings. The molecular formula is C13H19FO8. The molecule has 9 heteroatoms. The van der Waals surface area contributed by atoms with Crippen LogP contribution in [-0.4, -0.2) is 62.4 Å². The number of hydrogen-bond acceptors (Lipinski definition) is 8. The Balaban J connectivity index is 2.95. The van der Waals surface area contributed by atoms with Crippen molar-refractivity contribution in [2.45, 2.75) is 51.5 Å². The van der Waals surface area contributed by atoms with E-state index in [1.54, 1.807) is 0 Å². The van der Waals surface area contributed by atoms with Crippen molar-refractivity contribution in [3.63, 3.8) is 0 Å². The molecule has 1 aliphatic heterocycles. The zero-order chi connectivity index (χ0) is 16.9. The van der Waals surface area contributed by atoms with Crippen LogP contribution in [0.1, 0.15) is 20.8 Å². The highest BCUT2D eigenvalue weighted by Crippen LogP contribution is 2.29. The third kappa shape index (κ3) is 4.92. The molecule has 1 heterocycles. The maximum Gasteiger partial charge on any atom is 0.303 e. The van der Waals surface area contributed by atoms with E-state index in [4.69, 9.17) is 23.7 Å². The lowest BCUT2D eigenvalue weighted by Gasteiger charge is -2.41. The first-order chi connectivity index (χ1) is 10.3. The van der Waals surface area contributed by atoms with Crippen molar-refractivity contribution in [2.24, 2.45) is 0 Å². The first-order valence-electron chi connectivity index (χ1n) is 6.56. The van der Waals surface area contributed by atoms with Gasteiger partial charge in [0, 0.05) is 27.9 Å². The molecule has 1 rings (SSSR count). The third-order valence-corrected chi connectivity index (χ3v) is 2.86. The highest BCUT2D eigenvalue weighted by Gasteiger charge is 2.51. The van der Waals surface area contributed by atoms with Gasteiger partial charge in [0.05, 0.1) is 0 Å². The number of halogens is 1. The Morgan fingerprint density at radius 1 is 1.00 bits per heavy atom. The van der Waals surface area contributed by atoms with Gasteiger partial charge >= 0.3 is 17.9 Å². The summed E-state index contributed by atoms with van der Waals surface area (Å²) in [5.41, 5.74) is 0. The van der Waals surface area contributed by atoms with E-state index in [-0.39, 0.29) is 6.61 Å². The van der Waals surface area contributed by atoms with Gasteiger partial charge in [0.15, 0.2) is 24.7 Å². The monoisotopic (exact) mass is 322 g/mol. The van der Waals surface area contributed by atoms with Crippen molar-refractivity contribution >= 4 is 17.9 Å². The molecule has 0 unspecified atom stereocenters. The van der Waals surface area contributed by atoms with Crippen molar-refractivity contribution in [1.29, 1.82) is 0 Å². The van der Waals surface area contributed by atoms with E-state index in [0.717, 1.165) is 20.8 Å². The summed E-state index contributed by atoms with van der Waals surface area (Å²) in [5, 5.41) is 0. The maximum absolute atomic E-state index is 14.5. The second kappa shape index (κ2) is 8.04. The Morgan fingerprint density at radius 3 is 2.00 bits per heavy atom. The fourth-order valence-corrected chi connectivity index (χ4v) is 2.03. The van der Waals surface area contributed by atoms with Crippen molar-refractivity contribution in [1.82, 2.24) is 0 Å². The largest absolute Gasteiger partial charge is 0.463 e. The number of carbonyl (C=O) groups is 3. The highest BCUT2D eigenvalue weighted by molar-refractivity contribution is 5.67. The van der Waals surface area contributed by atoms with Crippen LogP contribution < -0.4 is 0 Å². The lowest BCUT2D eigenvalue weighted by atomic mass is 10.00. The molecule has 5 atom stereocenters. The van der Waals surface area contributed by atoms with E-state index in [9.17, 15) is 18.8 Å². The lowest BCUT2D eigenvalue weighted by Crippen LogP contribution is -2.60. The van der Waals surface area contributed by atoms with Crippen molar-refractivity contribution < 1.29 is 42.5 Å². The summed E-state index contributed by atoms with van der Waals surface area (Å²) in [6, 6.07) is 0. The van der Waals surface area contributed by atoms with E-state index in [2.05, 4.69) is 0 Å². The van der Waals surface area contributed by atoms with Crippen LogP contribution in [0.4, 0.5) is 4.39 Å². The predicted molar refractivity (Wildman–Crippen MR) is 68.3 cm³/mol. The van der Waals surface area contributed by atoms with Gasteiger partial charge in [-0.05, 0) is 0 Å². The zero-order valence-corrected chi connectivity index (χ0v) is 12.7. The third-order valence-electron chi connectivity index (χ3n) is 2.86. The standard InChI is InChI=1S/C13H19FO8/c1-6(15)19-5-9-10(14)11(20-7(2)16)12(21-8(3)17)13(18-4)22-9/h9-13H,5H2,1-4H3/t9-,10+,11+,12-,13-/m1/s1. The first-order valence-corrected chi connectivity index (χ1v) is 6.56. The van der Waals surface area contributed by atoms with Crippen LogP contribution in [0.5, 0.6) is 0 Å². The van der Waals surface area contributed by atoms with E-state index in [1.807, 2.05) is 0 Å². The predicted octanol–water partition coefficient (Wildman–Crippen LogP) is 0.122. The molecule has 8 nitrogen and oxygen atoms in total. The minimum absolute atomic E-state index is 0.388. The average molecular weight is 322 g/mol. The lowest BCUT2D eigenvalue weighted by molar-refractivity contribution is -0.290. The summed E-state index contributed by atoms with van der Waals surface area (Å²) in [7, 11) is 1.26. The van der Waals surface area contributed by atoms with E-state index >= 15 is 0 Å². The van der Waals surface area contributed by atoms with Crippen LogP contribution >= 0.6 is 0 Å². The number of methoxy groups -OCH3 is 1.